The number of carbonyl (C=O) groups excluding carboxylic acids is 1. The molecule has 0 atom stereocenters. The van der Waals surface area contributed by atoms with Crippen LogP contribution in [0.2, 0.25) is 0 Å². The lowest BCUT2D eigenvalue weighted by atomic mass is 10.4. The molecule has 0 fully saturated rings. The lowest BCUT2D eigenvalue weighted by Gasteiger charge is -2.03. The molecule has 2 aromatic rings. The first kappa shape index (κ1) is 11.0. The Hall–Kier alpha value is -2.51. The molecule has 0 radical (unpaired) electrons. The fourth-order valence-corrected chi connectivity index (χ4v) is 1.17. The van der Waals surface area contributed by atoms with E-state index in [-0.39, 0.29) is 18.1 Å². The van der Waals surface area contributed by atoms with Gasteiger partial charge in [0.15, 0.2) is 0 Å². The first-order valence-electron chi connectivity index (χ1n) is 4.92. The fourth-order valence-electron chi connectivity index (χ4n) is 1.17. The zero-order valence-corrected chi connectivity index (χ0v) is 9.14. The van der Waals surface area contributed by atoms with Crippen molar-refractivity contribution >= 4 is 11.7 Å². The van der Waals surface area contributed by atoms with Crippen molar-refractivity contribution in [2.45, 2.75) is 6.54 Å². The van der Waals surface area contributed by atoms with Gasteiger partial charge < -0.3 is 10.6 Å². The summed E-state index contributed by atoms with van der Waals surface area (Å²) in [6.45, 7) is 0.268. The highest BCUT2D eigenvalue weighted by atomic mass is 16.1. The van der Waals surface area contributed by atoms with E-state index in [1.54, 1.807) is 7.05 Å². The lowest BCUT2D eigenvalue weighted by Crippen LogP contribution is -2.24. The second kappa shape index (κ2) is 5.01. The first-order valence-corrected chi connectivity index (χ1v) is 4.92. The number of hydrogen-bond acceptors (Lipinski definition) is 6. The van der Waals surface area contributed by atoms with E-state index in [0.717, 1.165) is 0 Å². The predicted octanol–water partition coefficient (Wildman–Crippen LogP) is -0.434. The number of rotatable bonds is 4. The number of amides is 1. The largest absolute Gasteiger partial charge is 0.372 e. The first-order chi connectivity index (χ1) is 8.29. The molecule has 8 heteroatoms. The molecule has 17 heavy (non-hydrogen) atoms. The summed E-state index contributed by atoms with van der Waals surface area (Å²) in [4.78, 5) is 23.5. The van der Waals surface area contributed by atoms with Crippen molar-refractivity contribution in [2.75, 3.05) is 12.4 Å². The maximum atomic E-state index is 11.7. The summed E-state index contributed by atoms with van der Waals surface area (Å²) < 4.78 is 0. The van der Waals surface area contributed by atoms with Crippen LogP contribution in [-0.2, 0) is 6.54 Å². The van der Waals surface area contributed by atoms with Crippen LogP contribution in [0.4, 0.5) is 5.82 Å². The van der Waals surface area contributed by atoms with Crippen molar-refractivity contribution < 1.29 is 4.79 Å². The Morgan fingerprint density at radius 1 is 1.47 bits per heavy atom. The highest BCUT2D eigenvalue weighted by Gasteiger charge is 2.08. The van der Waals surface area contributed by atoms with E-state index in [9.17, 15) is 4.79 Å². The summed E-state index contributed by atoms with van der Waals surface area (Å²) in [6, 6.07) is 0. The molecule has 3 N–H and O–H groups in total. The van der Waals surface area contributed by atoms with Gasteiger partial charge in [-0.1, -0.05) is 0 Å². The molecule has 88 valence electrons. The van der Waals surface area contributed by atoms with Gasteiger partial charge in [0.25, 0.3) is 5.91 Å². The van der Waals surface area contributed by atoms with Crippen LogP contribution in [0, 0.1) is 0 Å². The molecular weight excluding hydrogens is 222 g/mol. The average Bonchev–Trinajstić information content (AvgIpc) is 2.89. The molecule has 0 aliphatic rings. The molecule has 2 aromatic heterocycles. The molecule has 0 aliphatic heterocycles. The molecule has 0 unspecified atom stereocenters. The Bertz CT molecular complexity index is 496. The third kappa shape index (κ3) is 2.74. The molecule has 0 saturated carbocycles. The monoisotopic (exact) mass is 233 g/mol. The van der Waals surface area contributed by atoms with Crippen LogP contribution in [0.1, 0.15) is 16.3 Å². The van der Waals surface area contributed by atoms with Gasteiger partial charge in [-0.3, -0.25) is 14.9 Å². The summed E-state index contributed by atoms with van der Waals surface area (Å²) in [5.41, 5.74) is 0.247. The molecule has 0 bridgehead atoms. The van der Waals surface area contributed by atoms with E-state index in [2.05, 4.69) is 35.8 Å². The Balaban J connectivity index is 1.99. The van der Waals surface area contributed by atoms with Crippen molar-refractivity contribution in [2.24, 2.45) is 0 Å². The number of aromatic nitrogens is 5. The van der Waals surface area contributed by atoms with E-state index >= 15 is 0 Å². The summed E-state index contributed by atoms with van der Waals surface area (Å²) in [5, 5.41) is 11.8. The number of anilines is 1. The van der Waals surface area contributed by atoms with Gasteiger partial charge in [0.05, 0.1) is 18.9 Å². The van der Waals surface area contributed by atoms with Gasteiger partial charge in [-0.2, -0.15) is 5.10 Å². The standard InChI is InChI=1S/C9H11N7O/c1-10-7-3-11-2-6(15-7)9(17)12-4-8-13-5-14-16-8/h2-3,5H,4H2,1H3,(H,10,15)(H,12,17)(H,13,14,16). The van der Waals surface area contributed by atoms with Crippen LogP contribution in [0.25, 0.3) is 0 Å². The van der Waals surface area contributed by atoms with Gasteiger partial charge in [0, 0.05) is 7.05 Å². The normalized spacial score (nSPS) is 9.94. The maximum Gasteiger partial charge on any atom is 0.271 e. The third-order valence-corrected chi connectivity index (χ3v) is 2.00. The Labute approximate surface area is 96.9 Å². The number of nitrogens with zero attached hydrogens (tertiary/aromatic N) is 4. The minimum absolute atomic E-state index is 0.247. The number of H-pyrrole nitrogens is 1. The van der Waals surface area contributed by atoms with Crippen LogP contribution in [0.5, 0.6) is 0 Å². The molecule has 0 aliphatic carbocycles. The second-order valence-corrected chi connectivity index (χ2v) is 3.15. The Morgan fingerprint density at radius 2 is 2.35 bits per heavy atom. The van der Waals surface area contributed by atoms with E-state index in [1.807, 2.05) is 0 Å². The van der Waals surface area contributed by atoms with Crippen LogP contribution in [-0.4, -0.2) is 38.1 Å². The lowest BCUT2D eigenvalue weighted by molar-refractivity contribution is 0.0944. The van der Waals surface area contributed by atoms with Gasteiger partial charge in [-0.15, -0.1) is 0 Å². The fraction of sp³-hybridized carbons (Fsp3) is 0.222. The summed E-state index contributed by atoms with van der Waals surface area (Å²) in [7, 11) is 1.71. The van der Waals surface area contributed by atoms with Gasteiger partial charge in [-0.05, 0) is 0 Å². The smallest absolute Gasteiger partial charge is 0.271 e. The highest BCUT2D eigenvalue weighted by molar-refractivity contribution is 5.92. The van der Waals surface area contributed by atoms with Gasteiger partial charge >= 0.3 is 0 Å². The summed E-state index contributed by atoms with van der Waals surface area (Å²) in [6.07, 6.45) is 4.31. The second-order valence-electron chi connectivity index (χ2n) is 3.15. The summed E-state index contributed by atoms with van der Waals surface area (Å²) >= 11 is 0. The Morgan fingerprint density at radius 3 is 3.06 bits per heavy atom. The van der Waals surface area contributed by atoms with Crippen LogP contribution >= 0.6 is 0 Å². The van der Waals surface area contributed by atoms with E-state index in [1.165, 1.54) is 18.7 Å². The SMILES string of the molecule is CNc1cncc(C(=O)NCc2ncn[nH]2)n1. The molecule has 0 spiro atoms. The number of aromatic amines is 1. The van der Waals surface area contributed by atoms with Crippen molar-refractivity contribution in [3.63, 3.8) is 0 Å². The van der Waals surface area contributed by atoms with E-state index in [4.69, 9.17) is 0 Å². The van der Waals surface area contributed by atoms with Gasteiger partial charge in [-0.25, -0.2) is 9.97 Å². The van der Waals surface area contributed by atoms with Gasteiger partial charge in [0.2, 0.25) is 0 Å². The maximum absolute atomic E-state index is 11.7. The molecule has 0 saturated heterocycles. The molecule has 2 rings (SSSR count). The topological polar surface area (TPSA) is 108 Å². The highest BCUT2D eigenvalue weighted by Crippen LogP contribution is 2.00. The number of hydrogen-bond donors (Lipinski definition) is 3. The number of carbonyl (C=O) groups is 1. The predicted molar refractivity (Wildman–Crippen MR) is 59.1 cm³/mol. The minimum Gasteiger partial charge on any atom is -0.372 e. The quantitative estimate of drug-likeness (QED) is 0.661. The zero-order valence-electron chi connectivity index (χ0n) is 9.14. The van der Waals surface area contributed by atoms with Crippen molar-refractivity contribution in [3.05, 3.63) is 30.2 Å². The number of nitrogens with one attached hydrogen (secondary N) is 3. The Kier molecular flexibility index (Phi) is 3.24. The van der Waals surface area contributed by atoms with E-state index in [0.29, 0.717) is 11.6 Å². The molecular formula is C9H11N7O. The van der Waals surface area contributed by atoms with Crippen molar-refractivity contribution in [1.82, 2.24) is 30.5 Å². The molecule has 2 heterocycles. The summed E-state index contributed by atoms with van der Waals surface area (Å²) in [5.74, 6) is 0.805. The molecule has 0 aromatic carbocycles. The molecule has 1 amide bonds. The zero-order chi connectivity index (χ0) is 12.1. The average molecular weight is 233 g/mol. The van der Waals surface area contributed by atoms with Crippen molar-refractivity contribution in [1.29, 1.82) is 0 Å². The molecule has 8 nitrogen and oxygen atoms in total. The third-order valence-electron chi connectivity index (χ3n) is 2.00. The van der Waals surface area contributed by atoms with Crippen LogP contribution in [0.3, 0.4) is 0 Å². The van der Waals surface area contributed by atoms with Crippen molar-refractivity contribution in [3.8, 4) is 0 Å². The minimum atomic E-state index is -0.314. The van der Waals surface area contributed by atoms with Crippen LogP contribution in [0.15, 0.2) is 18.7 Å². The van der Waals surface area contributed by atoms with E-state index < -0.39 is 0 Å². The van der Waals surface area contributed by atoms with Crippen LogP contribution < -0.4 is 10.6 Å². The van der Waals surface area contributed by atoms with Gasteiger partial charge in [0.1, 0.15) is 23.7 Å².